The minimum Gasteiger partial charge on any atom is -0.464 e. The quantitative estimate of drug-likeness (QED) is 0.749. The fourth-order valence-electron chi connectivity index (χ4n) is 2.24. The molecule has 0 radical (unpaired) electrons. The highest BCUT2D eigenvalue weighted by Gasteiger charge is 2.10. The first-order valence-corrected chi connectivity index (χ1v) is 7.43. The van der Waals surface area contributed by atoms with Gasteiger partial charge in [-0.2, -0.15) is 0 Å². The van der Waals surface area contributed by atoms with Gasteiger partial charge in [-0.3, -0.25) is 4.79 Å². The van der Waals surface area contributed by atoms with Crippen molar-refractivity contribution in [2.24, 2.45) is 0 Å². The summed E-state index contributed by atoms with van der Waals surface area (Å²) >= 11 is 3.37. The number of benzene rings is 2. The molecule has 1 aromatic heterocycles. The van der Waals surface area contributed by atoms with E-state index in [4.69, 9.17) is 4.42 Å². The number of fused-ring (bicyclic) bond motifs is 1. The van der Waals surface area contributed by atoms with Crippen molar-refractivity contribution in [1.82, 2.24) is 0 Å². The van der Waals surface area contributed by atoms with E-state index in [1.165, 1.54) is 0 Å². The average Bonchev–Trinajstić information content (AvgIpc) is 2.83. The summed E-state index contributed by atoms with van der Waals surface area (Å²) in [6.07, 6.45) is 1.96. The zero-order valence-electron chi connectivity index (χ0n) is 11.5. The number of amides is 1. The Kier molecular flexibility index (Phi) is 3.80. The first-order valence-electron chi connectivity index (χ1n) is 6.64. The number of aryl methyl sites for hydroxylation is 1. The lowest BCUT2D eigenvalue weighted by atomic mass is 10.1. The Morgan fingerprint density at radius 3 is 2.71 bits per heavy atom. The van der Waals surface area contributed by atoms with E-state index in [1.54, 1.807) is 6.26 Å². The maximum Gasteiger partial charge on any atom is 0.228 e. The minimum atomic E-state index is -0.0550. The molecular weight excluding hydrogens is 330 g/mol. The molecular formula is C17H14BrNO2. The molecule has 0 aliphatic rings. The molecule has 4 heteroatoms. The van der Waals surface area contributed by atoms with Crippen molar-refractivity contribution in [2.45, 2.75) is 13.3 Å². The molecule has 0 fully saturated rings. The van der Waals surface area contributed by atoms with Gasteiger partial charge in [0.1, 0.15) is 5.58 Å². The van der Waals surface area contributed by atoms with Crippen molar-refractivity contribution in [1.29, 1.82) is 0 Å². The number of carbonyl (C=O) groups is 1. The summed E-state index contributed by atoms with van der Waals surface area (Å²) < 4.78 is 6.49. The maximum atomic E-state index is 12.1. The lowest BCUT2D eigenvalue weighted by Gasteiger charge is -2.04. The number of carbonyl (C=O) groups excluding carboxylic acids is 1. The number of anilines is 1. The van der Waals surface area contributed by atoms with Gasteiger partial charge in [0.25, 0.3) is 0 Å². The molecule has 21 heavy (non-hydrogen) atoms. The van der Waals surface area contributed by atoms with Crippen LogP contribution in [0.5, 0.6) is 0 Å². The van der Waals surface area contributed by atoms with E-state index in [0.29, 0.717) is 6.42 Å². The Morgan fingerprint density at radius 2 is 1.95 bits per heavy atom. The van der Waals surface area contributed by atoms with Crippen LogP contribution in [0.2, 0.25) is 0 Å². The van der Waals surface area contributed by atoms with Crippen molar-refractivity contribution in [3.05, 3.63) is 64.3 Å². The van der Waals surface area contributed by atoms with Crippen molar-refractivity contribution in [3.63, 3.8) is 0 Å². The largest absolute Gasteiger partial charge is 0.464 e. The Morgan fingerprint density at radius 1 is 1.19 bits per heavy atom. The molecule has 2 aromatic carbocycles. The molecule has 0 saturated heterocycles. The predicted molar refractivity (Wildman–Crippen MR) is 87.4 cm³/mol. The van der Waals surface area contributed by atoms with Crippen LogP contribution in [0.25, 0.3) is 11.0 Å². The summed E-state index contributed by atoms with van der Waals surface area (Å²) in [5.74, 6) is -0.0550. The third-order valence-electron chi connectivity index (χ3n) is 3.29. The SMILES string of the molecule is Cc1ccc2c(CC(=O)Nc3ccc(Br)cc3)coc2c1. The van der Waals surface area contributed by atoms with E-state index in [2.05, 4.69) is 21.2 Å². The normalized spacial score (nSPS) is 10.8. The van der Waals surface area contributed by atoms with Crippen LogP contribution in [0, 0.1) is 6.92 Å². The van der Waals surface area contributed by atoms with Crippen LogP contribution >= 0.6 is 15.9 Å². The third kappa shape index (κ3) is 3.16. The number of furan rings is 1. The molecule has 0 atom stereocenters. The van der Waals surface area contributed by atoms with Gasteiger partial charge in [-0.25, -0.2) is 0 Å². The summed E-state index contributed by atoms with van der Waals surface area (Å²) in [4.78, 5) is 12.1. The Bertz CT molecular complexity index is 790. The number of rotatable bonds is 3. The molecule has 3 nitrogen and oxygen atoms in total. The van der Waals surface area contributed by atoms with Gasteiger partial charge < -0.3 is 9.73 Å². The zero-order valence-corrected chi connectivity index (χ0v) is 13.1. The molecule has 1 amide bonds. The number of halogens is 1. The predicted octanol–water partition coefficient (Wildman–Crippen LogP) is 4.68. The van der Waals surface area contributed by atoms with Crippen molar-refractivity contribution in [2.75, 3.05) is 5.32 Å². The van der Waals surface area contributed by atoms with Crippen LogP contribution in [0.15, 0.2) is 57.6 Å². The highest BCUT2D eigenvalue weighted by atomic mass is 79.9. The standard InChI is InChI=1S/C17H14BrNO2/c1-11-2-7-15-12(10-21-16(15)8-11)9-17(20)19-14-5-3-13(18)4-6-14/h2-8,10H,9H2,1H3,(H,19,20). The monoisotopic (exact) mass is 343 g/mol. The van der Waals surface area contributed by atoms with Gasteiger partial charge in [-0.1, -0.05) is 28.1 Å². The van der Waals surface area contributed by atoms with Gasteiger partial charge in [0, 0.05) is 21.1 Å². The third-order valence-corrected chi connectivity index (χ3v) is 3.82. The molecule has 0 aliphatic heterocycles. The van der Waals surface area contributed by atoms with E-state index in [0.717, 1.165) is 32.3 Å². The molecule has 0 aliphatic carbocycles. The van der Waals surface area contributed by atoms with Crippen LogP contribution < -0.4 is 5.32 Å². The van der Waals surface area contributed by atoms with Gasteiger partial charge in [0.05, 0.1) is 12.7 Å². The first-order chi connectivity index (χ1) is 10.1. The fourth-order valence-corrected chi connectivity index (χ4v) is 2.50. The van der Waals surface area contributed by atoms with Gasteiger partial charge >= 0.3 is 0 Å². The van der Waals surface area contributed by atoms with Crippen LogP contribution in [-0.4, -0.2) is 5.91 Å². The van der Waals surface area contributed by atoms with Crippen LogP contribution in [0.1, 0.15) is 11.1 Å². The Labute approximate surface area is 131 Å². The molecule has 1 heterocycles. The highest BCUT2D eigenvalue weighted by Crippen LogP contribution is 2.23. The van der Waals surface area contributed by atoms with Gasteiger partial charge in [0.15, 0.2) is 0 Å². The second-order valence-corrected chi connectivity index (χ2v) is 5.91. The molecule has 106 valence electrons. The van der Waals surface area contributed by atoms with Crippen LogP contribution in [0.4, 0.5) is 5.69 Å². The summed E-state index contributed by atoms with van der Waals surface area (Å²) in [5, 5.41) is 3.87. The highest BCUT2D eigenvalue weighted by molar-refractivity contribution is 9.10. The summed E-state index contributed by atoms with van der Waals surface area (Å²) in [7, 11) is 0. The zero-order chi connectivity index (χ0) is 14.8. The molecule has 0 bridgehead atoms. The molecule has 0 unspecified atom stereocenters. The van der Waals surface area contributed by atoms with Crippen LogP contribution in [-0.2, 0) is 11.2 Å². The summed E-state index contributed by atoms with van der Waals surface area (Å²) in [6, 6.07) is 13.5. The Balaban J connectivity index is 1.75. The average molecular weight is 344 g/mol. The molecule has 0 saturated carbocycles. The van der Waals surface area contributed by atoms with E-state index in [9.17, 15) is 4.79 Å². The molecule has 3 rings (SSSR count). The lowest BCUT2D eigenvalue weighted by molar-refractivity contribution is -0.115. The number of hydrogen-bond donors (Lipinski definition) is 1. The van der Waals surface area contributed by atoms with E-state index < -0.39 is 0 Å². The number of hydrogen-bond acceptors (Lipinski definition) is 2. The van der Waals surface area contributed by atoms with E-state index in [1.807, 2.05) is 49.4 Å². The Hall–Kier alpha value is -2.07. The van der Waals surface area contributed by atoms with Crippen molar-refractivity contribution >= 4 is 38.5 Å². The molecule has 1 N–H and O–H groups in total. The van der Waals surface area contributed by atoms with E-state index in [-0.39, 0.29) is 5.91 Å². The van der Waals surface area contributed by atoms with Crippen molar-refractivity contribution < 1.29 is 9.21 Å². The topological polar surface area (TPSA) is 42.2 Å². The van der Waals surface area contributed by atoms with Crippen LogP contribution in [0.3, 0.4) is 0 Å². The second-order valence-electron chi connectivity index (χ2n) is 4.99. The number of nitrogens with one attached hydrogen (secondary N) is 1. The first kappa shape index (κ1) is 13.9. The molecule has 0 spiro atoms. The smallest absolute Gasteiger partial charge is 0.228 e. The minimum absolute atomic E-state index is 0.0550. The van der Waals surface area contributed by atoms with Gasteiger partial charge in [-0.05, 0) is 42.8 Å². The van der Waals surface area contributed by atoms with Gasteiger partial charge in [-0.15, -0.1) is 0 Å². The van der Waals surface area contributed by atoms with Crippen molar-refractivity contribution in [3.8, 4) is 0 Å². The molecule has 3 aromatic rings. The lowest BCUT2D eigenvalue weighted by Crippen LogP contribution is -2.14. The fraction of sp³-hybridized carbons (Fsp3) is 0.118. The summed E-state index contributed by atoms with van der Waals surface area (Å²) in [5.41, 5.74) is 3.65. The van der Waals surface area contributed by atoms with Gasteiger partial charge in [0.2, 0.25) is 5.91 Å². The maximum absolute atomic E-state index is 12.1. The van der Waals surface area contributed by atoms with E-state index >= 15 is 0 Å². The second kappa shape index (κ2) is 5.74. The summed E-state index contributed by atoms with van der Waals surface area (Å²) in [6.45, 7) is 2.02.